The van der Waals surface area contributed by atoms with Gasteiger partial charge in [0.05, 0.1) is 5.33 Å². The maximum atomic E-state index is 12.2. The fourth-order valence-electron chi connectivity index (χ4n) is 2.55. The molecule has 1 unspecified atom stereocenters. The number of carbonyl (C=O) groups is 2. The molecule has 0 bridgehead atoms. The van der Waals surface area contributed by atoms with Crippen molar-refractivity contribution < 1.29 is 9.59 Å². The van der Waals surface area contributed by atoms with E-state index < -0.39 is 0 Å². The predicted molar refractivity (Wildman–Crippen MR) is 64.3 cm³/mol. The van der Waals surface area contributed by atoms with E-state index in [1.165, 1.54) is 0 Å². The molecule has 0 saturated carbocycles. The van der Waals surface area contributed by atoms with E-state index in [-0.39, 0.29) is 17.9 Å². The minimum absolute atomic E-state index is 0.0371. The Balaban J connectivity index is 2.01. The van der Waals surface area contributed by atoms with Gasteiger partial charge in [0.2, 0.25) is 11.8 Å². The van der Waals surface area contributed by atoms with Gasteiger partial charge in [0.1, 0.15) is 6.04 Å². The van der Waals surface area contributed by atoms with Gasteiger partial charge in [-0.3, -0.25) is 9.59 Å². The van der Waals surface area contributed by atoms with Crippen molar-refractivity contribution in [1.29, 1.82) is 0 Å². The average molecular weight is 289 g/mol. The highest BCUT2D eigenvalue weighted by Gasteiger charge is 2.36. The molecule has 2 saturated heterocycles. The van der Waals surface area contributed by atoms with Crippen LogP contribution in [0.5, 0.6) is 0 Å². The minimum Gasteiger partial charge on any atom is -0.341 e. The Labute approximate surface area is 104 Å². The Hall–Kier alpha value is -0.580. The van der Waals surface area contributed by atoms with E-state index in [4.69, 9.17) is 0 Å². The van der Waals surface area contributed by atoms with Gasteiger partial charge in [0, 0.05) is 19.6 Å². The molecule has 0 aromatic rings. The van der Waals surface area contributed by atoms with Gasteiger partial charge in [0.15, 0.2) is 0 Å². The largest absolute Gasteiger partial charge is 0.341 e. The van der Waals surface area contributed by atoms with Gasteiger partial charge in [-0.1, -0.05) is 15.9 Å². The first-order valence-corrected chi connectivity index (χ1v) is 7.00. The molecule has 2 rings (SSSR count). The van der Waals surface area contributed by atoms with Gasteiger partial charge in [-0.15, -0.1) is 0 Å². The molecule has 0 aromatic heterocycles. The summed E-state index contributed by atoms with van der Waals surface area (Å²) in [6.07, 6.45) is 3.98. The maximum Gasteiger partial charge on any atom is 0.245 e. The lowest BCUT2D eigenvalue weighted by Gasteiger charge is -2.27. The van der Waals surface area contributed by atoms with E-state index >= 15 is 0 Å². The summed E-state index contributed by atoms with van der Waals surface area (Å²) in [6.45, 7) is 2.46. The number of rotatable bonds is 2. The lowest BCUT2D eigenvalue weighted by molar-refractivity contribution is -0.141. The zero-order valence-corrected chi connectivity index (χ0v) is 10.9. The zero-order chi connectivity index (χ0) is 11.5. The number of likely N-dealkylation sites (tertiary alicyclic amines) is 2. The van der Waals surface area contributed by atoms with Crippen molar-refractivity contribution in [2.45, 2.75) is 31.7 Å². The molecule has 2 heterocycles. The molecule has 1 atom stereocenters. The summed E-state index contributed by atoms with van der Waals surface area (Å²) < 4.78 is 0. The number of nitrogens with zero attached hydrogens (tertiary/aromatic N) is 2. The number of alkyl halides is 1. The van der Waals surface area contributed by atoms with Gasteiger partial charge in [0.25, 0.3) is 0 Å². The highest BCUT2D eigenvalue weighted by Crippen LogP contribution is 2.21. The third-order valence-corrected chi connectivity index (χ3v) is 3.87. The average Bonchev–Trinajstić information content (AvgIpc) is 2.97. The molecule has 2 amide bonds. The molecule has 4 nitrogen and oxygen atoms in total. The topological polar surface area (TPSA) is 40.6 Å². The normalized spacial score (nSPS) is 25.2. The lowest BCUT2D eigenvalue weighted by atomic mass is 10.2. The van der Waals surface area contributed by atoms with Gasteiger partial charge >= 0.3 is 0 Å². The molecule has 5 heteroatoms. The summed E-state index contributed by atoms with van der Waals surface area (Å²) in [5.74, 6) is 0.194. The van der Waals surface area contributed by atoms with E-state index in [9.17, 15) is 9.59 Å². The molecular formula is C11H17BrN2O2. The summed E-state index contributed by atoms with van der Waals surface area (Å²) in [4.78, 5) is 27.5. The molecule has 2 fully saturated rings. The summed E-state index contributed by atoms with van der Waals surface area (Å²) in [5.41, 5.74) is 0. The molecule has 90 valence electrons. The summed E-state index contributed by atoms with van der Waals surface area (Å²) >= 11 is 3.17. The van der Waals surface area contributed by atoms with E-state index in [0.717, 1.165) is 45.3 Å². The maximum absolute atomic E-state index is 12.2. The van der Waals surface area contributed by atoms with E-state index in [1.807, 2.05) is 4.90 Å². The van der Waals surface area contributed by atoms with Gasteiger partial charge in [-0.2, -0.15) is 0 Å². The highest BCUT2D eigenvalue weighted by molar-refractivity contribution is 9.09. The van der Waals surface area contributed by atoms with E-state index in [2.05, 4.69) is 15.9 Å². The predicted octanol–water partition coefficient (Wildman–Crippen LogP) is 0.995. The number of hydrogen-bond donors (Lipinski definition) is 0. The van der Waals surface area contributed by atoms with Crippen molar-refractivity contribution in [3.8, 4) is 0 Å². The third-order valence-electron chi connectivity index (χ3n) is 3.39. The number of carbonyl (C=O) groups excluding carboxylic acids is 2. The fraction of sp³-hybridized carbons (Fsp3) is 0.818. The monoisotopic (exact) mass is 288 g/mol. The first kappa shape index (κ1) is 11.9. The third kappa shape index (κ3) is 2.24. The van der Waals surface area contributed by atoms with Crippen molar-refractivity contribution in [1.82, 2.24) is 9.80 Å². The van der Waals surface area contributed by atoms with Crippen molar-refractivity contribution in [3.63, 3.8) is 0 Å². The molecule has 0 aromatic carbocycles. The Morgan fingerprint density at radius 2 is 1.81 bits per heavy atom. The fourth-order valence-corrected chi connectivity index (χ4v) is 2.87. The van der Waals surface area contributed by atoms with Crippen LogP contribution in [0.3, 0.4) is 0 Å². The quantitative estimate of drug-likeness (QED) is 0.711. The van der Waals surface area contributed by atoms with Crippen LogP contribution in [0.4, 0.5) is 0 Å². The van der Waals surface area contributed by atoms with Crippen LogP contribution < -0.4 is 0 Å². The summed E-state index contributed by atoms with van der Waals surface area (Å²) in [6, 6.07) is -0.192. The van der Waals surface area contributed by atoms with Crippen LogP contribution in [0.2, 0.25) is 0 Å². The molecule has 2 aliphatic heterocycles. The first-order chi connectivity index (χ1) is 7.74. The van der Waals surface area contributed by atoms with E-state index in [0.29, 0.717) is 5.33 Å². The van der Waals surface area contributed by atoms with Crippen molar-refractivity contribution in [3.05, 3.63) is 0 Å². The second-order valence-corrected chi connectivity index (χ2v) is 4.97. The van der Waals surface area contributed by atoms with Crippen molar-refractivity contribution >= 4 is 27.7 Å². The number of halogens is 1. The molecule has 0 aliphatic carbocycles. The first-order valence-electron chi connectivity index (χ1n) is 5.88. The second kappa shape index (κ2) is 5.17. The van der Waals surface area contributed by atoms with Crippen LogP contribution >= 0.6 is 15.9 Å². The van der Waals surface area contributed by atoms with Gasteiger partial charge in [-0.05, 0) is 25.7 Å². The minimum atomic E-state index is -0.192. The van der Waals surface area contributed by atoms with Crippen molar-refractivity contribution in [2.75, 3.05) is 25.0 Å². The highest BCUT2D eigenvalue weighted by atomic mass is 79.9. The zero-order valence-electron chi connectivity index (χ0n) is 9.32. The Morgan fingerprint density at radius 3 is 2.44 bits per heavy atom. The second-order valence-electron chi connectivity index (χ2n) is 4.41. The molecule has 0 spiro atoms. The van der Waals surface area contributed by atoms with Crippen LogP contribution in [0.15, 0.2) is 0 Å². The van der Waals surface area contributed by atoms with Crippen LogP contribution in [-0.4, -0.2) is 52.6 Å². The van der Waals surface area contributed by atoms with Crippen LogP contribution in [0, 0.1) is 0 Å². The van der Waals surface area contributed by atoms with Crippen molar-refractivity contribution in [2.24, 2.45) is 0 Å². The van der Waals surface area contributed by atoms with Crippen LogP contribution in [-0.2, 0) is 9.59 Å². The van der Waals surface area contributed by atoms with Crippen LogP contribution in [0.25, 0.3) is 0 Å². The van der Waals surface area contributed by atoms with Gasteiger partial charge < -0.3 is 9.80 Å². The Morgan fingerprint density at radius 1 is 1.12 bits per heavy atom. The number of amides is 2. The molecule has 0 radical (unpaired) electrons. The Kier molecular flexibility index (Phi) is 3.84. The molecule has 16 heavy (non-hydrogen) atoms. The lowest BCUT2D eigenvalue weighted by Crippen LogP contribution is -2.47. The molecular weight excluding hydrogens is 272 g/mol. The number of hydrogen-bond acceptors (Lipinski definition) is 2. The molecule has 2 aliphatic rings. The summed E-state index contributed by atoms with van der Waals surface area (Å²) in [7, 11) is 0. The van der Waals surface area contributed by atoms with Crippen LogP contribution in [0.1, 0.15) is 25.7 Å². The van der Waals surface area contributed by atoms with Gasteiger partial charge in [-0.25, -0.2) is 0 Å². The molecule has 0 N–H and O–H groups in total. The van der Waals surface area contributed by atoms with E-state index in [1.54, 1.807) is 4.90 Å². The standard InChI is InChI=1S/C11H17BrN2O2/c12-8-10(15)14-7-3-4-9(14)11(16)13-5-1-2-6-13/h9H,1-8H2. The SMILES string of the molecule is O=C(C1CCCN1C(=O)CBr)N1CCCC1. The smallest absolute Gasteiger partial charge is 0.245 e. The summed E-state index contributed by atoms with van der Waals surface area (Å²) in [5, 5.41) is 0.316. The Bertz CT molecular complexity index is 290.